The molecule has 0 aliphatic heterocycles. The van der Waals surface area contributed by atoms with Gasteiger partial charge in [-0.3, -0.25) is 4.79 Å². The predicted molar refractivity (Wildman–Crippen MR) is 82.5 cm³/mol. The number of nitrogens with one attached hydrogen (secondary N) is 1. The summed E-state index contributed by atoms with van der Waals surface area (Å²) in [7, 11) is 0. The lowest BCUT2D eigenvalue weighted by molar-refractivity contribution is -0.237. The molecule has 1 amide bonds. The quantitative estimate of drug-likeness (QED) is 0.879. The van der Waals surface area contributed by atoms with Crippen LogP contribution in [0.2, 0.25) is 5.02 Å². The number of hydrogen-bond donors (Lipinski definition) is 2. The molecule has 1 aliphatic carbocycles. The van der Waals surface area contributed by atoms with Gasteiger partial charge in [-0.1, -0.05) is 37.6 Å². The van der Waals surface area contributed by atoms with Gasteiger partial charge in [-0.25, -0.2) is 0 Å². The van der Waals surface area contributed by atoms with Crippen LogP contribution >= 0.6 is 11.6 Å². The molecular formula is C16H22ClNO3. The Balaban J connectivity index is 1.98. The van der Waals surface area contributed by atoms with Crippen molar-refractivity contribution in [2.45, 2.75) is 38.9 Å². The van der Waals surface area contributed by atoms with Gasteiger partial charge in [-0.05, 0) is 19.1 Å². The summed E-state index contributed by atoms with van der Waals surface area (Å²) in [5.74, 6) is -0.273. The molecule has 21 heavy (non-hydrogen) atoms. The van der Waals surface area contributed by atoms with Crippen molar-refractivity contribution in [1.29, 1.82) is 0 Å². The van der Waals surface area contributed by atoms with Gasteiger partial charge in [0, 0.05) is 25.0 Å². The average molecular weight is 312 g/mol. The lowest BCUT2D eigenvalue weighted by Crippen LogP contribution is -2.68. The van der Waals surface area contributed by atoms with Gasteiger partial charge < -0.3 is 15.2 Å². The minimum absolute atomic E-state index is 0.0183. The van der Waals surface area contributed by atoms with E-state index in [9.17, 15) is 9.90 Å². The monoisotopic (exact) mass is 311 g/mol. The van der Waals surface area contributed by atoms with Crippen LogP contribution in [0.25, 0.3) is 0 Å². The van der Waals surface area contributed by atoms with Crippen molar-refractivity contribution in [1.82, 2.24) is 5.32 Å². The predicted octanol–water partition coefficient (Wildman–Crippen LogP) is 2.64. The number of amides is 1. The molecule has 2 rings (SSSR count). The third-order valence-corrected chi connectivity index (χ3v) is 4.88. The molecule has 1 aliphatic rings. The van der Waals surface area contributed by atoms with Crippen molar-refractivity contribution in [2.24, 2.45) is 5.41 Å². The van der Waals surface area contributed by atoms with Gasteiger partial charge in [-0.2, -0.15) is 0 Å². The van der Waals surface area contributed by atoms with Gasteiger partial charge in [-0.15, -0.1) is 0 Å². The molecule has 0 aromatic heterocycles. The molecule has 0 bridgehead atoms. The lowest BCUT2D eigenvalue weighted by atomic mass is 9.56. The summed E-state index contributed by atoms with van der Waals surface area (Å²) in [6.07, 6.45) is 0.543. The van der Waals surface area contributed by atoms with E-state index in [2.05, 4.69) is 5.32 Å². The Morgan fingerprint density at radius 2 is 2.14 bits per heavy atom. The molecule has 1 aromatic rings. The highest BCUT2D eigenvalue weighted by molar-refractivity contribution is 6.33. The van der Waals surface area contributed by atoms with E-state index in [1.165, 1.54) is 0 Å². The molecular weight excluding hydrogens is 290 g/mol. The van der Waals surface area contributed by atoms with Crippen molar-refractivity contribution in [3.8, 4) is 0 Å². The van der Waals surface area contributed by atoms with E-state index in [4.69, 9.17) is 16.3 Å². The molecule has 5 heteroatoms. The van der Waals surface area contributed by atoms with Gasteiger partial charge in [0.1, 0.15) is 0 Å². The number of aliphatic hydroxyl groups is 1. The highest BCUT2D eigenvalue weighted by atomic mass is 35.5. The van der Waals surface area contributed by atoms with Crippen LogP contribution in [0.1, 0.15) is 37.6 Å². The van der Waals surface area contributed by atoms with E-state index in [0.29, 0.717) is 23.6 Å². The Morgan fingerprint density at radius 3 is 2.71 bits per heavy atom. The standard InChI is InChI=1S/C16H22ClNO3/c1-4-21-13-9-16(20,15(13,2)3)10-18-14(19)11-7-5-6-8-12(11)17/h5-8,13,20H,4,9-10H2,1-3H3,(H,18,19)/t13-,16+/m0/s1. The minimum atomic E-state index is -0.955. The Morgan fingerprint density at radius 1 is 1.48 bits per heavy atom. The fraction of sp³-hybridized carbons (Fsp3) is 0.562. The first-order valence-corrected chi connectivity index (χ1v) is 7.56. The highest BCUT2D eigenvalue weighted by Crippen LogP contribution is 2.50. The van der Waals surface area contributed by atoms with Gasteiger partial charge in [0.25, 0.3) is 5.91 Å². The zero-order chi connectivity index (χ0) is 15.7. The maximum atomic E-state index is 12.1. The Kier molecular flexibility index (Phi) is 4.61. The molecule has 116 valence electrons. The number of carbonyl (C=O) groups is 1. The molecule has 2 N–H and O–H groups in total. The molecule has 0 spiro atoms. The highest BCUT2D eigenvalue weighted by Gasteiger charge is 2.59. The van der Waals surface area contributed by atoms with E-state index in [0.717, 1.165) is 0 Å². The van der Waals surface area contributed by atoms with Crippen LogP contribution in [-0.2, 0) is 4.74 Å². The van der Waals surface area contributed by atoms with E-state index in [-0.39, 0.29) is 18.6 Å². The first-order valence-electron chi connectivity index (χ1n) is 7.18. The first kappa shape index (κ1) is 16.3. The van der Waals surface area contributed by atoms with Crippen LogP contribution in [0.5, 0.6) is 0 Å². The van der Waals surface area contributed by atoms with E-state index >= 15 is 0 Å². The second kappa shape index (κ2) is 5.95. The second-order valence-corrected chi connectivity index (χ2v) is 6.47. The maximum absolute atomic E-state index is 12.1. The van der Waals surface area contributed by atoms with Crippen molar-refractivity contribution >= 4 is 17.5 Å². The minimum Gasteiger partial charge on any atom is -0.387 e. The largest absolute Gasteiger partial charge is 0.387 e. The van der Waals surface area contributed by atoms with E-state index in [1.807, 2.05) is 20.8 Å². The summed E-state index contributed by atoms with van der Waals surface area (Å²) in [6.45, 7) is 6.66. The molecule has 1 aromatic carbocycles. The number of rotatable bonds is 5. The van der Waals surface area contributed by atoms with Crippen LogP contribution in [0, 0.1) is 5.41 Å². The van der Waals surface area contributed by atoms with Gasteiger partial charge in [0.2, 0.25) is 0 Å². The van der Waals surface area contributed by atoms with Crippen molar-refractivity contribution in [3.05, 3.63) is 34.9 Å². The lowest BCUT2D eigenvalue weighted by Gasteiger charge is -2.57. The van der Waals surface area contributed by atoms with Crippen LogP contribution in [0.3, 0.4) is 0 Å². The van der Waals surface area contributed by atoms with Gasteiger partial charge in [0.15, 0.2) is 0 Å². The summed E-state index contributed by atoms with van der Waals surface area (Å²) in [4.78, 5) is 12.1. The number of halogens is 1. The topological polar surface area (TPSA) is 58.6 Å². The smallest absolute Gasteiger partial charge is 0.252 e. The normalized spacial score (nSPS) is 27.0. The van der Waals surface area contributed by atoms with Crippen LogP contribution in [-0.4, -0.2) is 35.9 Å². The maximum Gasteiger partial charge on any atom is 0.252 e. The number of benzene rings is 1. The molecule has 0 radical (unpaired) electrons. The molecule has 0 saturated heterocycles. The molecule has 1 saturated carbocycles. The van der Waals surface area contributed by atoms with Crippen LogP contribution in [0.15, 0.2) is 24.3 Å². The van der Waals surface area contributed by atoms with E-state index in [1.54, 1.807) is 24.3 Å². The van der Waals surface area contributed by atoms with Gasteiger partial charge in [0.05, 0.1) is 22.3 Å². The Labute approximate surface area is 130 Å². The SMILES string of the molecule is CCO[C@H]1C[C@@](O)(CNC(=O)c2ccccc2Cl)C1(C)C. The molecule has 0 unspecified atom stereocenters. The van der Waals surface area contributed by atoms with Crippen molar-refractivity contribution < 1.29 is 14.6 Å². The zero-order valence-electron chi connectivity index (χ0n) is 12.6. The molecule has 2 atom stereocenters. The summed E-state index contributed by atoms with van der Waals surface area (Å²) in [5.41, 5.74) is -0.929. The number of hydrogen-bond acceptors (Lipinski definition) is 3. The third-order valence-electron chi connectivity index (χ3n) is 4.56. The molecule has 4 nitrogen and oxygen atoms in total. The summed E-state index contributed by atoms with van der Waals surface area (Å²) in [5, 5.41) is 13.8. The Hall–Kier alpha value is -1.10. The number of carbonyl (C=O) groups excluding carboxylic acids is 1. The Bertz CT molecular complexity index is 532. The fourth-order valence-corrected chi connectivity index (χ4v) is 2.95. The second-order valence-electron chi connectivity index (χ2n) is 6.06. The summed E-state index contributed by atoms with van der Waals surface area (Å²) in [6, 6.07) is 6.86. The van der Waals surface area contributed by atoms with Crippen molar-refractivity contribution in [2.75, 3.05) is 13.2 Å². The van der Waals surface area contributed by atoms with Crippen LogP contribution < -0.4 is 5.32 Å². The van der Waals surface area contributed by atoms with Crippen LogP contribution in [0.4, 0.5) is 0 Å². The third kappa shape index (κ3) is 2.93. The van der Waals surface area contributed by atoms with Gasteiger partial charge >= 0.3 is 0 Å². The average Bonchev–Trinajstić information content (AvgIpc) is 2.45. The summed E-state index contributed by atoms with van der Waals surface area (Å²) < 4.78 is 5.61. The molecule has 1 fully saturated rings. The fourth-order valence-electron chi connectivity index (χ4n) is 2.73. The van der Waals surface area contributed by atoms with E-state index < -0.39 is 11.0 Å². The van der Waals surface area contributed by atoms with Crippen molar-refractivity contribution in [3.63, 3.8) is 0 Å². The zero-order valence-corrected chi connectivity index (χ0v) is 13.4. The first-order chi connectivity index (χ1) is 9.82. The molecule has 0 heterocycles. The number of ether oxygens (including phenoxy) is 1. The summed E-state index contributed by atoms with van der Waals surface area (Å²) >= 11 is 5.99.